The molecule has 1 unspecified atom stereocenters. The Morgan fingerprint density at radius 3 is 3.00 bits per heavy atom. The fourth-order valence-corrected chi connectivity index (χ4v) is 2.11. The number of nitrogens with zero attached hydrogens (tertiary/aromatic N) is 3. The molecule has 2 rings (SSSR count). The first kappa shape index (κ1) is 10.9. The first-order valence-corrected chi connectivity index (χ1v) is 5.47. The second-order valence-electron chi connectivity index (χ2n) is 3.65. The van der Waals surface area contributed by atoms with Gasteiger partial charge < -0.3 is 10.6 Å². The van der Waals surface area contributed by atoms with Crippen molar-refractivity contribution >= 4 is 23.1 Å². The Labute approximate surface area is 98.7 Å². The molecule has 1 aromatic heterocycles. The van der Waals surface area contributed by atoms with E-state index in [4.69, 9.17) is 18.0 Å². The summed E-state index contributed by atoms with van der Waals surface area (Å²) in [6.45, 7) is 0.678. The summed E-state index contributed by atoms with van der Waals surface area (Å²) in [4.78, 5) is 22.0. The molecular weight excluding hydrogens is 224 g/mol. The Balaban J connectivity index is 2.19. The zero-order valence-corrected chi connectivity index (χ0v) is 9.48. The van der Waals surface area contributed by atoms with Crippen LogP contribution in [-0.2, 0) is 0 Å². The minimum absolute atomic E-state index is 0.135. The number of rotatable bonds is 2. The van der Waals surface area contributed by atoms with Crippen LogP contribution in [0, 0.1) is 0 Å². The third-order valence-electron chi connectivity index (χ3n) is 2.62. The number of thiocarbonyl (C=S) groups is 1. The average Bonchev–Trinajstić information content (AvgIpc) is 2.78. The zero-order chi connectivity index (χ0) is 11.5. The van der Waals surface area contributed by atoms with E-state index in [9.17, 15) is 4.79 Å². The highest BCUT2D eigenvalue weighted by Crippen LogP contribution is 2.19. The Morgan fingerprint density at radius 1 is 1.56 bits per heavy atom. The van der Waals surface area contributed by atoms with Crippen LogP contribution in [0.15, 0.2) is 18.6 Å². The number of likely N-dealkylation sites (tertiary alicyclic amines) is 1. The van der Waals surface area contributed by atoms with Crippen molar-refractivity contribution in [1.29, 1.82) is 0 Å². The summed E-state index contributed by atoms with van der Waals surface area (Å²) in [7, 11) is 0. The lowest BCUT2D eigenvalue weighted by Gasteiger charge is -2.22. The fraction of sp³-hybridized carbons (Fsp3) is 0.400. The Bertz CT molecular complexity index is 409. The number of carbonyl (C=O) groups excluding carboxylic acids is 1. The molecule has 2 N–H and O–H groups in total. The maximum Gasteiger partial charge on any atom is 0.274 e. The van der Waals surface area contributed by atoms with Gasteiger partial charge in [-0.05, 0) is 12.8 Å². The van der Waals surface area contributed by atoms with Crippen LogP contribution in [0.5, 0.6) is 0 Å². The molecule has 16 heavy (non-hydrogen) atoms. The van der Waals surface area contributed by atoms with Crippen LogP contribution in [0.4, 0.5) is 0 Å². The van der Waals surface area contributed by atoms with Crippen LogP contribution in [0.2, 0.25) is 0 Å². The van der Waals surface area contributed by atoms with E-state index in [1.54, 1.807) is 4.90 Å². The minimum atomic E-state index is -0.150. The quantitative estimate of drug-likeness (QED) is 0.751. The molecule has 1 aliphatic rings. The Morgan fingerprint density at radius 2 is 2.38 bits per heavy atom. The molecule has 1 atom stereocenters. The molecule has 2 heterocycles. The molecule has 1 amide bonds. The molecule has 84 valence electrons. The van der Waals surface area contributed by atoms with Crippen molar-refractivity contribution < 1.29 is 4.79 Å². The van der Waals surface area contributed by atoms with E-state index >= 15 is 0 Å². The monoisotopic (exact) mass is 236 g/mol. The van der Waals surface area contributed by atoms with Gasteiger partial charge in [-0.1, -0.05) is 12.2 Å². The Hall–Kier alpha value is -1.56. The lowest BCUT2D eigenvalue weighted by Crippen LogP contribution is -2.43. The largest absolute Gasteiger partial charge is 0.392 e. The lowest BCUT2D eigenvalue weighted by atomic mass is 10.2. The highest BCUT2D eigenvalue weighted by atomic mass is 32.1. The molecule has 1 aliphatic heterocycles. The average molecular weight is 236 g/mol. The van der Waals surface area contributed by atoms with E-state index in [1.807, 2.05) is 0 Å². The second-order valence-corrected chi connectivity index (χ2v) is 4.12. The number of hydrogen-bond acceptors (Lipinski definition) is 4. The number of aromatic nitrogens is 2. The van der Waals surface area contributed by atoms with Gasteiger partial charge in [0.1, 0.15) is 5.69 Å². The third kappa shape index (κ3) is 2.01. The SMILES string of the molecule is NC(=S)C1CCCN1C(=O)c1cnccn1. The molecule has 0 aromatic carbocycles. The summed E-state index contributed by atoms with van der Waals surface area (Å²) in [5.41, 5.74) is 5.94. The zero-order valence-electron chi connectivity index (χ0n) is 8.67. The number of carbonyl (C=O) groups is 1. The maximum absolute atomic E-state index is 12.1. The van der Waals surface area contributed by atoms with Gasteiger partial charge in [-0.15, -0.1) is 0 Å². The molecule has 0 radical (unpaired) electrons. The van der Waals surface area contributed by atoms with Crippen molar-refractivity contribution in [3.8, 4) is 0 Å². The van der Waals surface area contributed by atoms with Crippen molar-refractivity contribution in [2.45, 2.75) is 18.9 Å². The Kier molecular flexibility index (Phi) is 3.09. The van der Waals surface area contributed by atoms with E-state index in [0.29, 0.717) is 17.2 Å². The molecule has 1 aromatic rings. The molecule has 1 fully saturated rings. The topological polar surface area (TPSA) is 72.1 Å². The number of nitrogens with two attached hydrogens (primary N) is 1. The fourth-order valence-electron chi connectivity index (χ4n) is 1.86. The summed E-state index contributed by atoms with van der Waals surface area (Å²) >= 11 is 4.95. The van der Waals surface area contributed by atoms with Gasteiger partial charge in [0, 0.05) is 18.9 Å². The number of hydrogen-bond donors (Lipinski definition) is 1. The minimum Gasteiger partial charge on any atom is -0.392 e. The molecule has 0 spiro atoms. The van der Waals surface area contributed by atoms with E-state index in [-0.39, 0.29) is 11.9 Å². The first-order valence-electron chi connectivity index (χ1n) is 5.06. The van der Waals surface area contributed by atoms with Gasteiger partial charge in [-0.25, -0.2) is 4.98 Å². The molecule has 0 bridgehead atoms. The maximum atomic E-state index is 12.1. The summed E-state index contributed by atoms with van der Waals surface area (Å²) in [5.74, 6) is -0.150. The van der Waals surface area contributed by atoms with Crippen LogP contribution in [0.1, 0.15) is 23.3 Å². The van der Waals surface area contributed by atoms with Gasteiger partial charge in [-0.3, -0.25) is 9.78 Å². The van der Waals surface area contributed by atoms with Gasteiger partial charge in [0.2, 0.25) is 0 Å². The summed E-state index contributed by atoms with van der Waals surface area (Å²) < 4.78 is 0. The molecule has 0 aliphatic carbocycles. The van der Waals surface area contributed by atoms with Crippen molar-refractivity contribution in [3.05, 3.63) is 24.3 Å². The van der Waals surface area contributed by atoms with Gasteiger partial charge >= 0.3 is 0 Å². The van der Waals surface area contributed by atoms with Crippen LogP contribution in [0.25, 0.3) is 0 Å². The molecule has 0 saturated carbocycles. The van der Waals surface area contributed by atoms with Gasteiger partial charge in [-0.2, -0.15) is 0 Å². The summed E-state index contributed by atoms with van der Waals surface area (Å²) in [6.07, 6.45) is 6.25. The predicted octanol–water partition coefficient (Wildman–Crippen LogP) is 0.367. The lowest BCUT2D eigenvalue weighted by molar-refractivity contribution is 0.0764. The summed E-state index contributed by atoms with van der Waals surface area (Å²) in [6, 6.07) is -0.135. The van der Waals surface area contributed by atoms with Gasteiger partial charge in [0.25, 0.3) is 5.91 Å². The number of amides is 1. The normalized spacial score (nSPS) is 19.8. The van der Waals surface area contributed by atoms with Gasteiger partial charge in [0.15, 0.2) is 0 Å². The van der Waals surface area contributed by atoms with Gasteiger partial charge in [0.05, 0.1) is 17.2 Å². The van der Waals surface area contributed by atoms with E-state index in [1.165, 1.54) is 18.6 Å². The predicted molar refractivity (Wildman–Crippen MR) is 62.9 cm³/mol. The van der Waals surface area contributed by atoms with Crippen molar-refractivity contribution in [3.63, 3.8) is 0 Å². The highest BCUT2D eigenvalue weighted by molar-refractivity contribution is 7.80. The van der Waals surface area contributed by atoms with Crippen LogP contribution >= 0.6 is 12.2 Å². The van der Waals surface area contributed by atoms with Crippen LogP contribution in [-0.4, -0.2) is 38.4 Å². The molecule has 5 nitrogen and oxygen atoms in total. The highest BCUT2D eigenvalue weighted by Gasteiger charge is 2.31. The van der Waals surface area contributed by atoms with Crippen molar-refractivity contribution in [2.24, 2.45) is 5.73 Å². The summed E-state index contributed by atoms with van der Waals surface area (Å²) in [5, 5.41) is 0. The van der Waals surface area contributed by atoms with Crippen LogP contribution in [0.3, 0.4) is 0 Å². The smallest absolute Gasteiger partial charge is 0.274 e. The molecule has 1 saturated heterocycles. The second kappa shape index (κ2) is 4.52. The first-order chi connectivity index (χ1) is 7.70. The van der Waals surface area contributed by atoms with Crippen molar-refractivity contribution in [2.75, 3.05) is 6.54 Å². The van der Waals surface area contributed by atoms with E-state index < -0.39 is 0 Å². The van der Waals surface area contributed by atoms with Crippen molar-refractivity contribution in [1.82, 2.24) is 14.9 Å². The molecule has 6 heteroatoms. The van der Waals surface area contributed by atoms with E-state index in [2.05, 4.69) is 9.97 Å². The standard InChI is InChI=1S/C10H12N4OS/c11-9(16)8-2-1-5-14(8)10(15)7-6-12-3-4-13-7/h3-4,6,8H,1-2,5H2,(H2,11,16). The van der Waals surface area contributed by atoms with E-state index in [0.717, 1.165) is 12.8 Å². The van der Waals surface area contributed by atoms with Crippen LogP contribution < -0.4 is 5.73 Å². The molecular formula is C10H12N4OS. The third-order valence-corrected chi connectivity index (χ3v) is 2.90.